The molecule has 21 heavy (non-hydrogen) atoms. The molecule has 0 fully saturated rings. The minimum atomic E-state index is -1.17. The number of carbonyl (C=O) groups excluding carboxylic acids is 2. The molecule has 0 unspecified atom stereocenters. The molecule has 0 heterocycles. The van der Waals surface area contributed by atoms with Crippen LogP contribution in [0.1, 0.15) is 27.7 Å². The molecule has 0 bridgehead atoms. The highest BCUT2D eigenvalue weighted by Gasteiger charge is 2.29. The first kappa shape index (κ1) is 19.7. The van der Waals surface area contributed by atoms with E-state index in [1.807, 2.05) is 0 Å². The van der Waals surface area contributed by atoms with Crippen molar-refractivity contribution in [1.82, 2.24) is 10.6 Å². The van der Waals surface area contributed by atoms with Crippen molar-refractivity contribution in [2.75, 3.05) is 5.75 Å². The fraction of sp³-hybridized carbons (Fsp3) is 0.769. The van der Waals surface area contributed by atoms with E-state index in [2.05, 4.69) is 23.3 Å². The Morgan fingerprint density at radius 1 is 1.05 bits per heavy atom. The summed E-state index contributed by atoms with van der Waals surface area (Å²) in [6.45, 7) is 7.11. The van der Waals surface area contributed by atoms with Gasteiger partial charge in [-0.15, -0.1) is 0 Å². The third-order valence-corrected chi connectivity index (χ3v) is 3.43. The first-order valence-corrected chi connectivity index (χ1v) is 7.45. The zero-order valence-corrected chi connectivity index (χ0v) is 13.7. The lowest BCUT2D eigenvalue weighted by molar-refractivity contribution is -0.141. The van der Waals surface area contributed by atoms with Crippen molar-refractivity contribution >= 4 is 30.4 Å². The van der Waals surface area contributed by atoms with Crippen LogP contribution < -0.4 is 16.4 Å². The van der Waals surface area contributed by atoms with Crippen molar-refractivity contribution in [3.05, 3.63) is 0 Å². The average Bonchev–Trinajstić information content (AvgIpc) is 2.39. The molecule has 0 rings (SSSR count). The zero-order chi connectivity index (χ0) is 16.7. The Labute approximate surface area is 130 Å². The quantitative estimate of drug-likeness (QED) is 0.390. The summed E-state index contributed by atoms with van der Waals surface area (Å²) in [5.41, 5.74) is 5.73. The zero-order valence-electron chi connectivity index (χ0n) is 12.8. The van der Waals surface area contributed by atoms with Crippen LogP contribution in [0.5, 0.6) is 0 Å². The maximum Gasteiger partial charge on any atom is 0.327 e. The smallest absolute Gasteiger partial charge is 0.327 e. The van der Waals surface area contributed by atoms with E-state index < -0.39 is 35.9 Å². The normalized spacial score (nSPS) is 15.4. The topological polar surface area (TPSA) is 122 Å². The molecule has 0 aliphatic heterocycles. The van der Waals surface area contributed by atoms with Gasteiger partial charge in [-0.3, -0.25) is 9.59 Å². The molecule has 0 aliphatic carbocycles. The largest absolute Gasteiger partial charge is 0.480 e. The molecule has 0 radical (unpaired) electrons. The molecule has 0 aromatic rings. The predicted octanol–water partition coefficient (Wildman–Crippen LogP) is -0.390. The molecule has 0 saturated heterocycles. The minimum Gasteiger partial charge on any atom is -0.480 e. The van der Waals surface area contributed by atoms with Crippen molar-refractivity contribution in [3.63, 3.8) is 0 Å². The van der Waals surface area contributed by atoms with E-state index in [1.54, 1.807) is 27.7 Å². The first-order chi connectivity index (χ1) is 9.61. The molecule has 3 atom stereocenters. The fourth-order valence-corrected chi connectivity index (χ4v) is 1.78. The summed E-state index contributed by atoms with van der Waals surface area (Å²) < 4.78 is 0. The van der Waals surface area contributed by atoms with Gasteiger partial charge in [-0.05, 0) is 11.8 Å². The van der Waals surface area contributed by atoms with Gasteiger partial charge in [0.05, 0.1) is 6.04 Å². The third-order valence-electron chi connectivity index (χ3n) is 3.07. The summed E-state index contributed by atoms with van der Waals surface area (Å²) in [6, 6.07) is -2.67. The number of hydrogen-bond donors (Lipinski definition) is 5. The van der Waals surface area contributed by atoms with E-state index in [0.717, 1.165) is 0 Å². The van der Waals surface area contributed by atoms with E-state index in [-0.39, 0.29) is 17.6 Å². The highest BCUT2D eigenvalue weighted by atomic mass is 32.1. The lowest BCUT2D eigenvalue weighted by Crippen LogP contribution is -2.57. The lowest BCUT2D eigenvalue weighted by Gasteiger charge is -2.25. The second-order valence-corrected chi connectivity index (χ2v) is 5.95. The number of carboxylic acid groups (broad SMARTS) is 1. The van der Waals surface area contributed by atoms with Gasteiger partial charge < -0.3 is 21.5 Å². The molecule has 0 spiro atoms. The molecule has 5 N–H and O–H groups in total. The summed E-state index contributed by atoms with van der Waals surface area (Å²) in [5, 5.41) is 13.8. The Morgan fingerprint density at radius 2 is 1.57 bits per heavy atom. The molecule has 2 amide bonds. The summed E-state index contributed by atoms with van der Waals surface area (Å²) in [6.07, 6.45) is 0. The van der Waals surface area contributed by atoms with Gasteiger partial charge in [-0.1, -0.05) is 27.7 Å². The number of thiol groups is 1. The Kier molecular flexibility index (Phi) is 8.34. The van der Waals surface area contributed by atoms with E-state index in [9.17, 15) is 14.4 Å². The van der Waals surface area contributed by atoms with Gasteiger partial charge in [0.25, 0.3) is 0 Å². The number of carboxylic acids is 1. The number of amides is 2. The Morgan fingerprint density at radius 3 is 1.90 bits per heavy atom. The van der Waals surface area contributed by atoms with Gasteiger partial charge in [0, 0.05) is 5.75 Å². The minimum absolute atomic E-state index is 0.0364. The molecule has 122 valence electrons. The number of aliphatic carboxylic acids is 1. The molecular weight excluding hydrogens is 294 g/mol. The van der Waals surface area contributed by atoms with Crippen LogP contribution in [0.15, 0.2) is 0 Å². The number of carbonyl (C=O) groups is 3. The van der Waals surface area contributed by atoms with Crippen LogP contribution >= 0.6 is 12.6 Å². The van der Waals surface area contributed by atoms with Gasteiger partial charge in [0.15, 0.2) is 0 Å². The van der Waals surface area contributed by atoms with Crippen LogP contribution in [0.2, 0.25) is 0 Å². The maximum atomic E-state index is 12.1. The van der Waals surface area contributed by atoms with E-state index in [4.69, 9.17) is 10.8 Å². The molecule has 7 nitrogen and oxygen atoms in total. The fourth-order valence-electron chi connectivity index (χ4n) is 1.53. The van der Waals surface area contributed by atoms with Gasteiger partial charge in [0.2, 0.25) is 11.8 Å². The maximum absolute atomic E-state index is 12.1. The number of nitrogens with two attached hydrogens (primary N) is 1. The van der Waals surface area contributed by atoms with Crippen molar-refractivity contribution in [2.24, 2.45) is 17.6 Å². The summed E-state index contributed by atoms with van der Waals surface area (Å²) in [7, 11) is 0. The Bertz CT molecular complexity index is 388. The number of hydrogen-bond acceptors (Lipinski definition) is 5. The van der Waals surface area contributed by atoms with E-state index >= 15 is 0 Å². The van der Waals surface area contributed by atoms with Crippen molar-refractivity contribution in [3.8, 4) is 0 Å². The Balaban J connectivity index is 4.87. The van der Waals surface area contributed by atoms with Crippen LogP contribution in [-0.4, -0.2) is 46.8 Å². The van der Waals surface area contributed by atoms with Gasteiger partial charge in [0.1, 0.15) is 12.1 Å². The van der Waals surface area contributed by atoms with Crippen LogP contribution in [-0.2, 0) is 14.4 Å². The van der Waals surface area contributed by atoms with Crippen LogP contribution in [0, 0.1) is 11.8 Å². The summed E-state index contributed by atoms with van der Waals surface area (Å²) in [4.78, 5) is 35.0. The standard InChI is InChI=1S/C13H25N3O4S/c1-6(2)9(14)11(17)16-10(7(3)4)12(18)15-8(5-21)13(19)20/h6-10,21H,5,14H2,1-4H3,(H,15,18)(H,16,17)(H,19,20)/t8-,9-,10-/m0/s1. The van der Waals surface area contributed by atoms with Gasteiger partial charge in [-0.25, -0.2) is 4.79 Å². The Hall–Kier alpha value is -1.28. The SMILES string of the molecule is CC(C)[C@H](N)C(=O)N[C@H](C(=O)N[C@@H](CS)C(=O)O)C(C)C. The molecule has 0 aromatic heterocycles. The van der Waals surface area contributed by atoms with Crippen LogP contribution in [0.3, 0.4) is 0 Å². The monoisotopic (exact) mass is 319 g/mol. The van der Waals surface area contributed by atoms with Crippen molar-refractivity contribution < 1.29 is 19.5 Å². The van der Waals surface area contributed by atoms with Gasteiger partial charge in [-0.2, -0.15) is 12.6 Å². The number of rotatable bonds is 8. The third kappa shape index (κ3) is 6.34. The molecular formula is C13H25N3O4S. The predicted molar refractivity (Wildman–Crippen MR) is 83.0 cm³/mol. The summed E-state index contributed by atoms with van der Waals surface area (Å²) >= 11 is 3.88. The number of nitrogens with one attached hydrogen (secondary N) is 2. The summed E-state index contributed by atoms with van der Waals surface area (Å²) in [5.74, 6) is -2.48. The van der Waals surface area contributed by atoms with Crippen LogP contribution in [0.4, 0.5) is 0 Å². The van der Waals surface area contributed by atoms with Crippen molar-refractivity contribution in [2.45, 2.75) is 45.8 Å². The highest BCUT2D eigenvalue weighted by molar-refractivity contribution is 7.80. The molecule has 0 aliphatic rings. The highest BCUT2D eigenvalue weighted by Crippen LogP contribution is 2.05. The molecule has 0 aromatic carbocycles. The molecule has 8 heteroatoms. The van der Waals surface area contributed by atoms with Crippen LogP contribution in [0.25, 0.3) is 0 Å². The van der Waals surface area contributed by atoms with Crippen molar-refractivity contribution in [1.29, 1.82) is 0 Å². The first-order valence-electron chi connectivity index (χ1n) is 6.81. The van der Waals surface area contributed by atoms with E-state index in [0.29, 0.717) is 0 Å². The molecule has 0 saturated carbocycles. The van der Waals surface area contributed by atoms with E-state index in [1.165, 1.54) is 0 Å². The second kappa shape index (κ2) is 8.89. The average molecular weight is 319 g/mol. The van der Waals surface area contributed by atoms with Gasteiger partial charge >= 0.3 is 5.97 Å². The second-order valence-electron chi connectivity index (χ2n) is 5.58. The lowest BCUT2D eigenvalue weighted by atomic mass is 10.00.